The number of anilines is 1. The molecule has 0 aliphatic heterocycles. The number of halogens is 1. The van der Waals surface area contributed by atoms with Crippen LogP contribution in [0.15, 0.2) is 72.9 Å². The molecule has 1 aliphatic carbocycles. The summed E-state index contributed by atoms with van der Waals surface area (Å²) in [5.41, 5.74) is 1.33. The molecule has 1 heterocycles. The van der Waals surface area contributed by atoms with Gasteiger partial charge in [-0.15, -0.1) is 0 Å². The Morgan fingerprint density at radius 1 is 0.976 bits per heavy atom. The largest absolute Gasteiger partial charge is 0.497 e. The van der Waals surface area contributed by atoms with Crippen molar-refractivity contribution >= 4 is 23.5 Å². The topological polar surface area (TPSA) is 101 Å². The van der Waals surface area contributed by atoms with Gasteiger partial charge in [-0.05, 0) is 66.8 Å². The molecule has 2 aromatic carbocycles. The lowest BCUT2D eigenvalue weighted by molar-refractivity contribution is -0.142. The Hall–Kier alpha value is -4.27. The van der Waals surface area contributed by atoms with Gasteiger partial charge in [0.2, 0.25) is 17.7 Å². The second-order valence-electron chi connectivity index (χ2n) is 10.3. The third-order valence-corrected chi connectivity index (χ3v) is 7.26. The molecule has 1 fully saturated rings. The van der Waals surface area contributed by atoms with E-state index in [0.29, 0.717) is 17.1 Å². The average molecular weight is 561 g/mol. The molecule has 0 radical (unpaired) electrons. The predicted octanol–water partition coefficient (Wildman–Crippen LogP) is 5.56. The molecule has 1 aliphatic rings. The smallest absolute Gasteiger partial charge is 0.247 e. The van der Waals surface area contributed by atoms with E-state index in [1.54, 1.807) is 55.8 Å². The van der Waals surface area contributed by atoms with Crippen molar-refractivity contribution in [3.8, 4) is 5.75 Å². The number of rotatable bonds is 12. The van der Waals surface area contributed by atoms with Crippen molar-refractivity contribution in [2.75, 3.05) is 12.4 Å². The van der Waals surface area contributed by atoms with Crippen molar-refractivity contribution in [2.24, 2.45) is 0 Å². The molecule has 2 N–H and O–H groups in total. The first-order chi connectivity index (χ1) is 19.9. The molecule has 8 nitrogen and oxygen atoms in total. The maximum atomic E-state index is 13.9. The number of hydrogen-bond donors (Lipinski definition) is 2. The molecular formula is C32H37FN4O4. The Labute approximate surface area is 240 Å². The second-order valence-corrected chi connectivity index (χ2v) is 10.3. The number of ether oxygens (including phenoxy) is 1. The van der Waals surface area contributed by atoms with Gasteiger partial charge >= 0.3 is 0 Å². The number of carbonyl (C=O) groups is 3. The number of aromatic nitrogens is 1. The molecule has 1 saturated carbocycles. The highest BCUT2D eigenvalue weighted by molar-refractivity contribution is 5.91. The lowest BCUT2D eigenvalue weighted by Gasteiger charge is -2.33. The summed E-state index contributed by atoms with van der Waals surface area (Å²) in [6.07, 6.45) is 7.06. The molecule has 3 amide bonds. The van der Waals surface area contributed by atoms with Crippen LogP contribution in [0.5, 0.6) is 5.75 Å². The first-order valence-electron chi connectivity index (χ1n) is 14.1. The minimum atomic E-state index is -0.963. The van der Waals surface area contributed by atoms with Crippen LogP contribution in [-0.2, 0) is 20.9 Å². The van der Waals surface area contributed by atoms with Crippen molar-refractivity contribution in [3.05, 3.63) is 89.9 Å². The number of nitrogens with one attached hydrogen (secondary N) is 2. The Morgan fingerprint density at radius 3 is 2.37 bits per heavy atom. The van der Waals surface area contributed by atoms with Gasteiger partial charge < -0.3 is 20.3 Å². The van der Waals surface area contributed by atoms with E-state index < -0.39 is 11.9 Å². The first kappa shape index (κ1) is 29.7. The van der Waals surface area contributed by atoms with Crippen molar-refractivity contribution in [1.82, 2.24) is 15.2 Å². The van der Waals surface area contributed by atoms with Gasteiger partial charge in [0.15, 0.2) is 0 Å². The minimum Gasteiger partial charge on any atom is -0.497 e. The van der Waals surface area contributed by atoms with Gasteiger partial charge in [0.05, 0.1) is 7.11 Å². The van der Waals surface area contributed by atoms with E-state index in [4.69, 9.17) is 4.74 Å². The van der Waals surface area contributed by atoms with Crippen LogP contribution in [-0.4, -0.2) is 40.8 Å². The number of nitrogens with zero attached hydrogens (tertiary/aromatic N) is 2. The highest BCUT2D eigenvalue weighted by atomic mass is 19.1. The maximum absolute atomic E-state index is 13.9. The number of methoxy groups -OCH3 is 1. The highest BCUT2D eigenvalue weighted by Crippen LogP contribution is 2.27. The van der Waals surface area contributed by atoms with Crippen LogP contribution >= 0.6 is 0 Å². The molecule has 3 aromatic rings. The zero-order chi connectivity index (χ0) is 29.0. The third kappa shape index (κ3) is 8.86. The number of amides is 3. The summed E-state index contributed by atoms with van der Waals surface area (Å²) in [7, 11) is 1.58. The summed E-state index contributed by atoms with van der Waals surface area (Å²) in [6, 6.07) is 17.3. The summed E-state index contributed by atoms with van der Waals surface area (Å²) < 4.78 is 19.1. The fraction of sp³-hybridized carbons (Fsp3) is 0.375. The van der Waals surface area contributed by atoms with Gasteiger partial charge in [-0.2, -0.15) is 0 Å². The van der Waals surface area contributed by atoms with Crippen molar-refractivity contribution < 1.29 is 23.5 Å². The number of hydrogen-bond acceptors (Lipinski definition) is 5. The van der Waals surface area contributed by atoms with E-state index in [2.05, 4.69) is 15.6 Å². The fourth-order valence-corrected chi connectivity index (χ4v) is 5.08. The number of pyridine rings is 1. The Morgan fingerprint density at radius 2 is 1.71 bits per heavy atom. The molecular weight excluding hydrogens is 523 g/mol. The van der Waals surface area contributed by atoms with E-state index >= 15 is 0 Å². The van der Waals surface area contributed by atoms with Crippen molar-refractivity contribution in [3.63, 3.8) is 0 Å². The average Bonchev–Trinajstić information content (AvgIpc) is 2.99. The van der Waals surface area contributed by atoms with Crippen molar-refractivity contribution in [1.29, 1.82) is 0 Å². The predicted molar refractivity (Wildman–Crippen MR) is 154 cm³/mol. The lowest BCUT2D eigenvalue weighted by Crippen LogP contribution is -2.46. The summed E-state index contributed by atoms with van der Waals surface area (Å²) in [6.45, 7) is 0.156. The van der Waals surface area contributed by atoms with E-state index in [1.807, 2.05) is 12.1 Å². The SMILES string of the molecule is COc1ccc(CN(C(=O)CCCC(=O)Nc2ccccn2)C(C(=O)NC2CCCCC2)c2ccc(F)cc2)cc1. The van der Waals surface area contributed by atoms with Crippen LogP contribution in [0, 0.1) is 5.82 Å². The minimum absolute atomic E-state index is 0.0347. The monoisotopic (exact) mass is 560 g/mol. The molecule has 9 heteroatoms. The molecule has 216 valence electrons. The van der Waals surface area contributed by atoms with Crippen LogP contribution in [0.3, 0.4) is 0 Å². The van der Waals surface area contributed by atoms with Gasteiger partial charge in [0.1, 0.15) is 23.4 Å². The first-order valence-corrected chi connectivity index (χ1v) is 14.1. The van der Waals surface area contributed by atoms with Crippen LogP contribution in [0.1, 0.15) is 68.5 Å². The number of carbonyl (C=O) groups excluding carboxylic acids is 3. The molecule has 1 unspecified atom stereocenters. The normalized spacial score (nSPS) is 14.1. The van der Waals surface area contributed by atoms with Crippen LogP contribution in [0.2, 0.25) is 0 Å². The maximum Gasteiger partial charge on any atom is 0.247 e. The van der Waals surface area contributed by atoms with Gasteiger partial charge in [-0.25, -0.2) is 9.37 Å². The lowest BCUT2D eigenvalue weighted by atomic mass is 9.94. The van der Waals surface area contributed by atoms with E-state index in [0.717, 1.165) is 37.7 Å². The van der Waals surface area contributed by atoms with Gasteiger partial charge in [0, 0.05) is 31.6 Å². The van der Waals surface area contributed by atoms with Crippen molar-refractivity contribution in [2.45, 2.75) is 70.0 Å². The van der Waals surface area contributed by atoms with Gasteiger partial charge in [-0.1, -0.05) is 49.6 Å². The fourth-order valence-electron chi connectivity index (χ4n) is 5.08. The third-order valence-electron chi connectivity index (χ3n) is 7.26. The molecule has 1 atom stereocenters. The Bertz CT molecular complexity index is 1280. The van der Waals surface area contributed by atoms with Gasteiger partial charge in [-0.3, -0.25) is 14.4 Å². The Kier molecular flexibility index (Phi) is 10.8. The van der Waals surface area contributed by atoms with E-state index in [9.17, 15) is 18.8 Å². The molecule has 0 saturated heterocycles. The Balaban J connectivity index is 1.55. The molecule has 1 aromatic heterocycles. The summed E-state index contributed by atoms with van der Waals surface area (Å²) in [4.78, 5) is 45.7. The van der Waals surface area contributed by atoms with E-state index in [1.165, 1.54) is 17.0 Å². The van der Waals surface area contributed by atoms with Gasteiger partial charge in [0.25, 0.3) is 0 Å². The highest BCUT2D eigenvalue weighted by Gasteiger charge is 2.33. The van der Waals surface area contributed by atoms with Crippen LogP contribution in [0.25, 0.3) is 0 Å². The zero-order valence-electron chi connectivity index (χ0n) is 23.4. The zero-order valence-corrected chi connectivity index (χ0v) is 23.4. The summed E-state index contributed by atoms with van der Waals surface area (Å²) in [5, 5.41) is 5.88. The quantitative estimate of drug-likeness (QED) is 0.302. The summed E-state index contributed by atoms with van der Waals surface area (Å²) in [5.74, 6) is -0.121. The standard InChI is InChI=1S/C32H37FN4O4/c1-41-27-19-13-23(14-20-27)22-37(30(39)12-7-11-29(38)36-28-10-5-6-21-34-28)31(24-15-17-25(33)18-16-24)32(40)35-26-8-3-2-4-9-26/h5-6,10,13-21,26,31H,2-4,7-9,11-12,22H2,1H3,(H,35,40)(H,34,36,38). The van der Waals surface area contributed by atoms with Crippen LogP contribution in [0.4, 0.5) is 10.2 Å². The summed E-state index contributed by atoms with van der Waals surface area (Å²) >= 11 is 0. The molecule has 0 spiro atoms. The molecule has 41 heavy (non-hydrogen) atoms. The van der Waals surface area contributed by atoms with E-state index in [-0.39, 0.29) is 49.6 Å². The van der Waals surface area contributed by atoms with Crippen LogP contribution < -0.4 is 15.4 Å². The number of benzene rings is 2. The molecule has 0 bridgehead atoms. The molecule has 4 rings (SSSR count). The second kappa shape index (κ2) is 14.9.